The van der Waals surface area contributed by atoms with Crippen LogP contribution in [0.4, 0.5) is 0 Å². The minimum atomic E-state index is -0.582. The Hall–Kier alpha value is -2.50. The highest BCUT2D eigenvalue weighted by Gasteiger charge is 2.42. The summed E-state index contributed by atoms with van der Waals surface area (Å²) >= 11 is 0. The van der Waals surface area contributed by atoms with Crippen LogP contribution in [0.25, 0.3) is 0 Å². The molecule has 0 aromatic heterocycles. The lowest BCUT2D eigenvalue weighted by Gasteiger charge is -2.26. The Morgan fingerprint density at radius 1 is 1.24 bits per heavy atom. The van der Waals surface area contributed by atoms with E-state index in [4.69, 9.17) is 9.47 Å². The van der Waals surface area contributed by atoms with Crippen LogP contribution in [-0.2, 0) is 9.59 Å². The Bertz CT molecular complexity index is 725. The van der Waals surface area contributed by atoms with E-state index in [1.165, 1.54) is 6.92 Å². The van der Waals surface area contributed by atoms with Gasteiger partial charge >= 0.3 is 0 Å². The molecule has 6 nitrogen and oxygen atoms in total. The molecule has 0 saturated carbocycles. The topological polar surface area (TPSA) is 76.1 Å². The molecular weight excluding hydrogens is 322 g/mol. The van der Waals surface area contributed by atoms with Crippen LogP contribution >= 0.6 is 0 Å². The van der Waals surface area contributed by atoms with E-state index < -0.39 is 17.7 Å². The predicted octanol–water partition coefficient (Wildman–Crippen LogP) is 3.28. The Morgan fingerprint density at radius 3 is 2.72 bits per heavy atom. The Balaban J connectivity index is 1.92. The fourth-order valence-corrected chi connectivity index (χ4v) is 3.38. The molecule has 0 unspecified atom stereocenters. The second-order valence-corrected chi connectivity index (χ2v) is 6.39. The molecule has 1 amide bonds. The minimum Gasteiger partial charge on any atom is -0.503 e. The van der Waals surface area contributed by atoms with Crippen molar-refractivity contribution in [3.8, 4) is 11.5 Å². The van der Waals surface area contributed by atoms with E-state index in [0.29, 0.717) is 18.0 Å². The molecule has 0 fully saturated rings. The van der Waals surface area contributed by atoms with Crippen LogP contribution in [0, 0.1) is 0 Å². The van der Waals surface area contributed by atoms with Crippen LogP contribution < -0.4 is 9.47 Å². The summed E-state index contributed by atoms with van der Waals surface area (Å²) in [7, 11) is 0. The van der Waals surface area contributed by atoms with Crippen molar-refractivity contribution in [2.24, 2.45) is 0 Å². The minimum absolute atomic E-state index is 0.152. The molecule has 0 aliphatic carbocycles. The number of ether oxygens (including phenoxy) is 2. The highest BCUT2D eigenvalue weighted by molar-refractivity contribution is 6.08. The van der Waals surface area contributed by atoms with Gasteiger partial charge in [-0.2, -0.15) is 0 Å². The summed E-state index contributed by atoms with van der Waals surface area (Å²) in [6.07, 6.45) is 4.03. The molecule has 2 aliphatic rings. The van der Waals surface area contributed by atoms with Gasteiger partial charge in [-0.05, 0) is 31.0 Å². The van der Waals surface area contributed by atoms with E-state index in [2.05, 4.69) is 6.92 Å². The number of carbonyl (C=O) groups excluding carboxylic acids is 2. The summed E-state index contributed by atoms with van der Waals surface area (Å²) in [4.78, 5) is 26.2. The van der Waals surface area contributed by atoms with Gasteiger partial charge < -0.3 is 19.5 Å². The molecule has 1 atom stereocenters. The van der Waals surface area contributed by atoms with E-state index in [1.807, 2.05) is 6.07 Å². The maximum absolute atomic E-state index is 12.5. The highest BCUT2D eigenvalue weighted by Crippen LogP contribution is 2.41. The first-order valence-electron chi connectivity index (χ1n) is 8.69. The predicted molar refractivity (Wildman–Crippen MR) is 91.5 cm³/mol. The van der Waals surface area contributed by atoms with E-state index in [0.717, 1.165) is 31.2 Å². The molecular formula is C19H23NO5. The number of Topliss-reactive ketones (excluding diaryl/α,β-unsaturated/α-hetero) is 1. The lowest BCUT2D eigenvalue weighted by molar-refractivity contribution is -0.129. The zero-order valence-electron chi connectivity index (χ0n) is 14.6. The van der Waals surface area contributed by atoms with Crippen molar-refractivity contribution in [1.82, 2.24) is 4.90 Å². The number of ketones is 1. The number of rotatable bonds is 7. The van der Waals surface area contributed by atoms with Gasteiger partial charge in [-0.25, -0.2) is 0 Å². The van der Waals surface area contributed by atoms with Crippen LogP contribution in [0.3, 0.4) is 0 Å². The molecule has 0 saturated heterocycles. The van der Waals surface area contributed by atoms with Crippen LogP contribution in [-0.4, -0.2) is 35.0 Å². The van der Waals surface area contributed by atoms with Gasteiger partial charge in [0.1, 0.15) is 0 Å². The number of aliphatic hydroxyl groups excluding tert-OH is 1. The van der Waals surface area contributed by atoms with E-state index >= 15 is 0 Å². The van der Waals surface area contributed by atoms with Crippen molar-refractivity contribution in [1.29, 1.82) is 0 Å². The SMILES string of the molecule is CCCCCCN1C(=O)C(O)=C(C(C)=O)[C@H]1c1ccc2c(c1)OCO2. The summed E-state index contributed by atoms with van der Waals surface area (Å²) in [5.41, 5.74) is 0.890. The molecule has 134 valence electrons. The molecule has 2 aliphatic heterocycles. The van der Waals surface area contributed by atoms with Gasteiger partial charge in [-0.3, -0.25) is 9.59 Å². The van der Waals surface area contributed by atoms with Gasteiger partial charge in [0, 0.05) is 6.54 Å². The number of hydrogen-bond donors (Lipinski definition) is 1. The van der Waals surface area contributed by atoms with Gasteiger partial charge in [-0.15, -0.1) is 0 Å². The molecule has 1 aromatic rings. The summed E-state index contributed by atoms with van der Waals surface area (Å²) in [6.45, 7) is 4.15. The monoisotopic (exact) mass is 345 g/mol. The molecule has 0 spiro atoms. The number of nitrogens with zero attached hydrogens (tertiary/aromatic N) is 1. The summed E-state index contributed by atoms with van der Waals surface area (Å²) < 4.78 is 10.7. The molecule has 3 rings (SSSR count). The normalized spacial score (nSPS) is 19.0. The standard InChI is InChI=1S/C19H23NO5/c1-3-4-5-6-9-20-17(16(12(2)21)18(22)19(20)23)13-7-8-14-15(10-13)25-11-24-14/h7-8,10,17,22H,3-6,9,11H2,1-2H3/t17-/m1/s1. The van der Waals surface area contributed by atoms with Gasteiger partial charge in [0.15, 0.2) is 23.0 Å². The second-order valence-electron chi connectivity index (χ2n) is 6.39. The number of benzene rings is 1. The molecule has 1 aromatic carbocycles. The largest absolute Gasteiger partial charge is 0.503 e. The third kappa shape index (κ3) is 3.21. The van der Waals surface area contributed by atoms with Crippen molar-refractivity contribution in [3.63, 3.8) is 0 Å². The maximum atomic E-state index is 12.5. The Labute approximate surface area is 147 Å². The number of amides is 1. The zero-order chi connectivity index (χ0) is 18.0. The van der Waals surface area contributed by atoms with Gasteiger partial charge in [-0.1, -0.05) is 32.3 Å². The van der Waals surface area contributed by atoms with Crippen molar-refractivity contribution in [2.45, 2.75) is 45.6 Å². The summed E-state index contributed by atoms with van der Waals surface area (Å²) in [6, 6.07) is 4.78. The third-order valence-corrected chi connectivity index (χ3v) is 4.65. The average molecular weight is 345 g/mol. The fourth-order valence-electron chi connectivity index (χ4n) is 3.38. The molecule has 0 bridgehead atoms. The number of hydrogen-bond acceptors (Lipinski definition) is 5. The van der Waals surface area contributed by atoms with Gasteiger partial charge in [0.25, 0.3) is 5.91 Å². The average Bonchev–Trinajstić information content (AvgIpc) is 3.15. The van der Waals surface area contributed by atoms with Crippen LogP contribution in [0.15, 0.2) is 29.5 Å². The Morgan fingerprint density at radius 2 is 2.00 bits per heavy atom. The quantitative estimate of drug-likeness (QED) is 0.768. The van der Waals surface area contributed by atoms with E-state index in [-0.39, 0.29) is 18.1 Å². The summed E-state index contributed by atoms with van der Waals surface area (Å²) in [5.74, 6) is 0.00455. The van der Waals surface area contributed by atoms with Crippen molar-refractivity contribution < 1.29 is 24.2 Å². The number of aliphatic hydroxyl groups is 1. The van der Waals surface area contributed by atoms with Gasteiger partial charge in [0.05, 0.1) is 11.6 Å². The smallest absolute Gasteiger partial charge is 0.290 e. The zero-order valence-corrected chi connectivity index (χ0v) is 14.6. The summed E-state index contributed by atoms with van der Waals surface area (Å²) in [5, 5.41) is 10.2. The van der Waals surface area contributed by atoms with Crippen LogP contribution in [0.2, 0.25) is 0 Å². The van der Waals surface area contributed by atoms with E-state index in [9.17, 15) is 14.7 Å². The molecule has 2 heterocycles. The molecule has 1 N–H and O–H groups in total. The first kappa shape index (κ1) is 17.3. The maximum Gasteiger partial charge on any atom is 0.290 e. The lowest BCUT2D eigenvalue weighted by atomic mass is 9.96. The van der Waals surface area contributed by atoms with Crippen molar-refractivity contribution >= 4 is 11.7 Å². The highest BCUT2D eigenvalue weighted by atomic mass is 16.7. The lowest BCUT2D eigenvalue weighted by Crippen LogP contribution is -2.32. The molecule has 0 radical (unpaired) electrons. The van der Waals surface area contributed by atoms with Crippen molar-refractivity contribution in [2.75, 3.05) is 13.3 Å². The Kier molecular flexibility index (Phi) is 4.97. The van der Waals surface area contributed by atoms with Gasteiger partial charge in [0.2, 0.25) is 6.79 Å². The second kappa shape index (κ2) is 7.17. The van der Waals surface area contributed by atoms with E-state index in [1.54, 1.807) is 17.0 Å². The van der Waals surface area contributed by atoms with Crippen LogP contribution in [0.1, 0.15) is 51.1 Å². The van der Waals surface area contributed by atoms with Crippen molar-refractivity contribution in [3.05, 3.63) is 35.1 Å². The van der Waals surface area contributed by atoms with Crippen LogP contribution in [0.5, 0.6) is 11.5 Å². The number of carbonyl (C=O) groups is 2. The first-order chi connectivity index (χ1) is 12.0. The fraction of sp³-hybridized carbons (Fsp3) is 0.474. The third-order valence-electron chi connectivity index (χ3n) is 4.65. The number of unbranched alkanes of at least 4 members (excludes halogenated alkanes) is 3. The molecule has 6 heteroatoms. The number of fused-ring (bicyclic) bond motifs is 1. The first-order valence-corrected chi connectivity index (χ1v) is 8.69. The molecule has 25 heavy (non-hydrogen) atoms.